The number of aromatic amines is 1. The Balaban J connectivity index is 2.37. The highest BCUT2D eigenvalue weighted by Crippen LogP contribution is 2.23. The van der Waals surface area contributed by atoms with E-state index in [2.05, 4.69) is 15.2 Å². The highest BCUT2D eigenvalue weighted by atomic mass is 16.5. The first-order valence-electron chi connectivity index (χ1n) is 4.91. The van der Waals surface area contributed by atoms with Crippen LogP contribution in [0.25, 0.3) is 11.4 Å². The number of hydrogen-bond acceptors (Lipinski definition) is 4. The number of benzene rings is 1. The monoisotopic (exact) mass is 219 g/mol. The van der Waals surface area contributed by atoms with Crippen molar-refractivity contribution in [1.29, 1.82) is 0 Å². The summed E-state index contributed by atoms with van der Waals surface area (Å²) in [6.07, 6.45) is 0. The molecule has 0 radical (unpaired) electrons. The maximum atomic E-state index is 8.88. The molecule has 16 heavy (non-hydrogen) atoms. The van der Waals surface area contributed by atoms with E-state index in [1.807, 2.05) is 25.1 Å². The van der Waals surface area contributed by atoms with Gasteiger partial charge in [-0.25, -0.2) is 4.98 Å². The highest BCUT2D eigenvalue weighted by molar-refractivity contribution is 5.58. The summed E-state index contributed by atoms with van der Waals surface area (Å²) >= 11 is 0. The molecular weight excluding hydrogens is 206 g/mol. The maximum absolute atomic E-state index is 8.88. The van der Waals surface area contributed by atoms with Gasteiger partial charge in [0, 0.05) is 5.56 Å². The minimum Gasteiger partial charge on any atom is -0.496 e. The van der Waals surface area contributed by atoms with Gasteiger partial charge < -0.3 is 9.84 Å². The Bertz CT molecular complexity index is 494. The average molecular weight is 219 g/mol. The molecule has 2 rings (SSSR count). The molecule has 5 heteroatoms. The molecule has 5 nitrogen and oxygen atoms in total. The van der Waals surface area contributed by atoms with Crippen molar-refractivity contribution in [2.24, 2.45) is 0 Å². The predicted molar refractivity (Wildman–Crippen MR) is 59.0 cm³/mol. The van der Waals surface area contributed by atoms with Crippen molar-refractivity contribution in [3.8, 4) is 17.1 Å². The second-order valence-corrected chi connectivity index (χ2v) is 3.45. The van der Waals surface area contributed by atoms with Gasteiger partial charge in [-0.05, 0) is 30.7 Å². The second kappa shape index (κ2) is 4.32. The molecule has 0 aliphatic carbocycles. The van der Waals surface area contributed by atoms with E-state index in [1.54, 1.807) is 7.11 Å². The Labute approximate surface area is 93.1 Å². The fraction of sp³-hybridized carbons (Fsp3) is 0.273. The number of methoxy groups -OCH3 is 1. The standard InChI is InChI=1S/C11H13N3O2/c1-7-5-8(3-4-9(7)16-2)11-12-10(6-15)13-14-11/h3-5,15H,6H2,1-2H3,(H,12,13,14). The van der Waals surface area contributed by atoms with Crippen LogP contribution in [0.3, 0.4) is 0 Å². The van der Waals surface area contributed by atoms with Crippen LogP contribution >= 0.6 is 0 Å². The summed E-state index contributed by atoms with van der Waals surface area (Å²) < 4.78 is 5.17. The lowest BCUT2D eigenvalue weighted by molar-refractivity contribution is 0.272. The van der Waals surface area contributed by atoms with Gasteiger partial charge in [0.25, 0.3) is 0 Å². The number of aryl methyl sites for hydroxylation is 1. The SMILES string of the molecule is COc1ccc(-c2n[nH]c(CO)n2)cc1C. The van der Waals surface area contributed by atoms with Crippen molar-refractivity contribution in [2.45, 2.75) is 13.5 Å². The van der Waals surface area contributed by atoms with Crippen molar-refractivity contribution in [2.75, 3.05) is 7.11 Å². The molecular formula is C11H13N3O2. The molecule has 0 saturated heterocycles. The van der Waals surface area contributed by atoms with E-state index in [1.165, 1.54) is 0 Å². The largest absolute Gasteiger partial charge is 0.496 e. The number of nitrogens with zero attached hydrogens (tertiary/aromatic N) is 2. The number of H-pyrrole nitrogens is 1. The number of aliphatic hydroxyl groups is 1. The van der Waals surface area contributed by atoms with Crippen molar-refractivity contribution in [3.63, 3.8) is 0 Å². The molecule has 1 aromatic heterocycles. The smallest absolute Gasteiger partial charge is 0.181 e. The fourth-order valence-corrected chi connectivity index (χ4v) is 1.51. The third-order valence-corrected chi connectivity index (χ3v) is 2.33. The molecule has 0 bridgehead atoms. The van der Waals surface area contributed by atoms with Gasteiger partial charge in [-0.2, -0.15) is 5.10 Å². The van der Waals surface area contributed by atoms with E-state index in [-0.39, 0.29) is 6.61 Å². The third kappa shape index (κ3) is 1.90. The minimum atomic E-state index is -0.137. The highest BCUT2D eigenvalue weighted by Gasteiger charge is 2.07. The lowest BCUT2D eigenvalue weighted by Crippen LogP contribution is -1.89. The first-order chi connectivity index (χ1) is 7.74. The molecule has 2 N–H and O–H groups in total. The van der Waals surface area contributed by atoms with Gasteiger partial charge in [-0.1, -0.05) is 0 Å². The molecule has 0 spiro atoms. The Morgan fingerprint density at radius 3 is 2.81 bits per heavy atom. The second-order valence-electron chi connectivity index (χ2n) is 3.45. The molecule has 0 amide bonds. The van der Waals surface area contributed by atoms with E-state index in [0.717, 1.165) is 16.9 Å². The summed E-state index contributed by atoms with van der Waals surface area (Å²) in [5.74, 6) is 1.87. The summed E-state index contributed by atoms with van der Waals surface area (Å²) in [4.78, 5) is 4.14. The van der Waals surface area contributed by atoms with Crippen LogP contribution in [-0.2, 0) is 6.61 Å². The van der Waals surface area contributed by atoms with Gasteiger partial charge in [0.15, 0.2) is 11.6 Å². The van der Waals surface area contributed by atoms with E-state index in [4.69, 9.17) is 9.84 Å². The van der Waals surface area contributed by atoms with Gasteiger partial charge in [-0.3, -0.25) is 5.10 Å². The number of ether oxygens (including phenoxy) is 1. The maximum Gasteiger partial charge on any atom is 0.181 e. The Hall–Kier alpha value is -1.88. The zero-order valence-corrected chi connectivity index (χ0v) is 9.19. The molecule has 1 aromatic carbocycles. The summed E-state index contributed by atoms with van der Waals surface area (Å²) in [7, 11) is 1.64. The summed E-state index contributed by atoms with van der Waals surface area (Å²) in [6.45, 7) is 1.82. The summed E-state index contributed by atoms with van der Waals surface area (Å²) in [5.41, 5.74) is 1.92. The van der Waals surface area contributed by atoms with Gasteiger partial charge >= 0.3 is 0 Å². The number of nitrogens with one attached hydrogen (secondary N) is 1. The molecule has 0 aliphatic heterocycles. The van der Waals surface area contributed by atoms with Crippen molar-refractivity contribution >= 4 is 0 Å². The van der Waals surface area contributed by atoms with Gasteiger partial charge in [-0.15, -0.1) is 0 Å². The topological polar surface area (TPSA) is 71.0 Å². The molecule has 0 aliphatic rings. The van der Waals surface area contributed by atoms with Crippen LogP contribution in [0.2, 0.25) is 0 Å². The summed E-state index contributed by atoms with van der Waals surface area (Å²) in [6, 6.07) is 5.71. The first-order valence-corrected chi connectivity index (χ1v) is 4.91. The van der Waals surface area contributed by atoms with E-state index in [9.17, 15) is 0 Å². The van der Waals surface area contributed by atoms with Crippen molar-refractivity contribution < 1.29 is 9.84 Å². The number of rotatable bonds is 3. The van der Waals surface area contributed by atoms with Crippen molar-refractivity contribution in [3.05, 3.63) is 29.6 Å². The zero-order valence-electron chi connectivity index (χ0n) is 9.19. The lowest BCUT2D eigenvalue weighted by atomic mass is 10.1. The Kier molecular flexibility index (Phi) is 2.87. The number of aliphatic hydroxyl groups excluding tert-OH is 1. The van der Waals surface area contributed by atoms with E-state index < -0.39 is 0 Å². The quantitative estimate of drug-likeness (QED) is 0.815. The normalized spacial score (nSPS) is 10.4. The molecule has 2 aromatic rings. The van der Waals surface area contributed by atoms with E-state index >= 15 is 0 Å². The van der Waals surface area contributed by atoms with Gasteiger partial charge in [0.1, 0.15) is 12.4 Å². The molecule has 0 atom stereocenters. The van der Waals surface area contributed by atoms with Crippen LogP contribution in [0, 0.1) is 6.92 Å². The van der Waals surface area contributed by atoms with Crippen LogP contribution in [0.1, 0.15) is 11.4 Å². The fourth-order valence-electron chi connectivity index (χ4n) is 1.51. The Morgan fingerprint density at radius 2 is 2.25 bits per heavy atom. The predicted octanol–water partition coefficient (Wildman–Crippen LogP) is 1.28. The third-order valence-electron chi connectivity index (χ3n) is 2.33. The van der Waals surface area contributed by atoms with Crippen LogP contribution in [0.15, 0.2) is 18.2 Å². The van der Waals surface area contributed by atoms with E-state index in [0.29, 0.717) is 11.6 Å². The first kappa shape index (κ1) is 10.6. The van der Waals surface area contributed by atoms with Crippen LogP contribution in [0.5, 0.6) is 5.75 Å². The Morgan fingerprint density at radius 1 is 1.44 bits per heavy atom. The van der Waals surface area contributed by atoms with Gasteiger partial charge in [0.2, 0.25) is 0 Å². The van der Waals surface area contributed by atoms with Crippen LogP contribution in [-0.4, -0.2) is 27.4 Å². The molecule has 0 fully saturated rings. The zero-order chi connectivity index (χ0) is 11.5. The van der Waals surface area contributed by atoms with Crippen LogP contribution in [0.4, 0.5) is 0 Å². The minimum absolute atomic E-state index is 0.137. The molecule has 0 saturated carbocycles. The van der Waals surface area contributed by atoms with Crippen molar-refractivity contribution in [1.82, 2.24) is 15.2 Å². The van der Waals surface area contributed by atoms with Crippen LogP contribution < -0.4 is 4.74 Å². The molecule has 84 valence electrons. The number of hydrogen-bond donors (Lipinski definition) is 2. The average Bonchev–Trinajstić information content (AvgIpc) is 2.77. The summed E-state index contributed by atoms with van der Waals surface area (Å²) in [5, 5.41) is 15.6. The molecule has 1 heterocycles. The number of aromatic nitrogens is 3. The van der Waals surface area contributed by atoms with Gasteiger partial charge in [0.05, 0.1) is 7.11 Å². The molecule has 0 unspecified atom stereocenters. The lowest BCUT2D eigenvalue weighted by Gasteiger charge is -2.04.